The van der Waals surface area contributed by atoms with E-state index in [4.69, 9.17) is 9.47 Å². The highest BCUT2D eigenvalue weighted by Gasteiger charge is 2.69. The summed E-state index contributed by atoms with van der Waals surface area (Å²) in [5.74, 6) is -0.655. The molecular formula is C20H30O4. The molecule has 24 heavy (non-hydrogen) atoms. The van der Waals surface area contributed by atoms with E-state index >= 15 is 0 Å². The van der Waals surface area contributed by atoms with E-state index in [-0.39, 0.29) is 22.9 Å². The summed E-state index contributed by atoms with van der Waals surface area (Å²) in [4.78, 5) is 23.9. The summed E-state index contributed by atoms with van der Waals surface area (Å²) < 4.78 is 11.0. The third-order valence-electron chi connectivity index (χ3n) is 6.79. The van der Waals surface area contributed by atoms with Crippen LogP contribution in [0, 0.1) is 22.2 Å². The zero-order valence-corrected chi connectivity index (χ0v) is 15.7. The molecule has 0 aromatic rings. The van der Waals surface area contributed by atoms with Gasteiger partial charge in [-0.05, 0) is 55.3 Å². The molecule has 4 saturated carbocycles. The molecule has 4 heteroatoms. The van der Waals surface area contributed by atoms with Gasteiger partial charge in [-0.25, -0.2) is 9.59 Å². The minimum absolute atomic E-state index is 0.215. The topological polar surface area (TPSA) is 52.6 Å². The average molecular weight is 334 g/mol. The lowest BCUT2D eigenvalue weighted by Gasteiger charge is -2.71. The van der Waals surface area contributed by atoms with Gasteiger partial charge in [-0.15, -0.1) is 0 Å². The first-order valence-corrected chi connectivity index (χ1v) is 8.96. The molecule has 0 spiro atoms. The van der Waals surface area contributed by atoms with Crippen LogP contribution in [0.4, 0.5) is 0 Å². The van der Waals surface area contributed by atoms with Gasteiger partial charge in [0.2, 0.25) is 0 Å². The van der Waals surface area contributed by atoms with Crippen molar-refractivity contribution in [2.75, 3.05) is 6.61 Å². The third-order valence-corrected chi connectivity index (χ3v) is 6.79. The lowest BCUT2D eigenvalue weighted by atomic mass is 9.36. The van der Waals surface area contributed by atoms with Crippen molar-refractivity contribution in [3.63, 3.8) is 0 Å². The Bertz CT molecular complexity index is 587. The van der Waals surface area contributed by atoms with Gasteiger partial charge in [0, 0.05) is 11.5 Å². The second kappa shape index (κ2) is 5.09. The molecule has 4 rings (SSSR count). The SMILES string of the molecule is C=C(C)C(=O)OCC(=O)OC12CC3(C)CC(C)(CC(C)(C3)C1C)C2. The smallest absolute Gasteiger partial charge is 0.344 e. The van der Waals surface area contributed by atoms with Crippen LogP contribution in [0.15, 0.2) is 12.2 Å². The zero-order valence-electron chi connectivity index (χ0n) is 15.7. The Morgan fingerprint density at radius 2 is 1.58 bits per heavy atom. The molecule has 0 amide bonds. The molecule has 0 aliphatic heterocycles. The first-order chi connectivity index (χ1) is 10.9. The van der Waals surface area contributed by atoms with Crippen LogP contribution in [0.1, 0.15) is 66.7 Å². The Labute approximate surface area is 145 Å². The Kier molecular flexibility index (Phi) is 3.71. The standard InChI is InChI=1S/C20H30O4/c1-13(2)16(22)23-7-15(21)24-20-11-17(4)8-18(5,12-20)10-19(6,9-17)14(20)3/h14H,1,7-12H2,2-6H3. The van der Waals surface area contributed by atoms with E-state index in [0.717, 1.165) is 12.8 Å². The molecular weight excluding hydrogens is 304 g/mol. The van der Waals surface area contributed by atoms with Crippen LogP contribution in [-0.4, -0.2) is 24.1 Å². The van der Waals surface area contributed by atoms with E-state index in [1.807, 2.05) is 0 Å². The molecule has 0 aromatic heterocycles. The summed E-state index contributed by atoms with van der Waals surface area (Å²) in [5.41, 5.74) is 0.563. The lowest BCUT2D eigenvalue weighted by molar-refractivity contribution is -0.266. The molecule has 4 nitrogen and oxygen atoms in total. The number of rotatable bonds is 4. The van der Waals surface area contributed by atoms with E-state index in [1.165, 1.54) is 19.3 Å². The van der Waals surface area contributed by atoms with Crippen molar-refractivity contribution in [1.82, 2.24) is 0 Å². The van der Waals surface area contributed by atoms with Crippen LogP contribution in [0.2, 0.25) is 0 Å². The average Bonchev–Trinajstić information content (AvgIpc) is 2.38. The summed E-state index contributed by atoms with van der Waals surface area (Å²) in [6.45, 7) is 14.0. The fourth-order valence-corrected chi connectivity index (χ4v) is 6.84. The summed E-state index contributed by atoms with van der Waals surface area (Å²) in [6, 6.07) is 0. The molecule has 4 fully saturated rings. The number of carbonyl (C=O) groups excluding carboxylic acids is 2. The molecule has 0 aromatic carbocycles. The van der Waals surface area contributed by atoms with Crippen LogP contribution in [0.5, 0.6) is 0 Å². The van der Waals surface area contributed by atoms with E-state index in [9.17, 15) is 9.59 Å². The lowest BCUT2D eigenvalue weighted by Crippen LogP contribution is -2.67. The summed E-state index contributed by atoms with van der Waals surface area (Å²) >= 11 is 0. The number of carbonyl (C=O) groups is 2. The van der Waals surface area contributed by atoms with Gasteiger partial charge in [0.1, 0.15) is 5.60 Å². The predicted octanol–water partition coefficient (Wildman–Crippen LogP) is 4.03. The molecule has 0 heterocycles. The largest absolute Gasteiger partial charge is 0.456 e. The fourth-order valence-electron chi connectivity index (χ4n) is 6.84. The molecule has 0 N–H and O–H groups in total. The van der Waals surface area contributed by atoms with Gasteiger partial charge in [0.25, 0.3) is 0 Å². The Morgan fingerprint density at radius 3 is 2.08 bits per heavy atom. The maximum absolute atomic E-state index is 12.4. The van der Waals surface area contributed by atoms with Crippen molar-refractivity contribution < 1.29 is 19.1 Å². The van der Waals surface area contributed by atoms with Crippen LogP contribution < -0.4 is 0 Å². The maximum atomic E-state index is 12.4. The van der Waals surface area contributed by atoms with Crippen molar-refractivity contribution >= 4 is 11.9 Å². The van der Waals surface area contributed by atoms with Crippen molar-refractivity contribution in [2.24, 2.45) is 22.2 Å². The first-order valence-electron chi connectivity index (χ1n) is 8.96. The summed E-state index contributed by atoms with van der Waals surface area (Å²) in [5, 5.41) is 0. The monoisotopic (exact) mass is 334 g/mol. The number of esters is 2. The quantitative estimate of drug-likeness (QED) is 0.575. The van der Waals surface area contributed by atoms with Gasteiger partial charge in [-0.3, -0.25) is 0 Å². The minimum atomic E-state index is -0.545. The van der Waals surface area contributed by atoms with Gasteiger partial charge in [-0.2, -0.15) is 0 Å². The van der Waals surface area contributed by atoms with E-state index in [1.54, 1.807) is 6.92 Å². The van der Waals surface area contributed by atoms with Gasteiger partial charge < -0.3 is 9.47 Å². The van der Waals surface area contributed by atoms with E-state index < -0.39 is 17.5 Å². The Balaban J connectivity index is 1.78. The highest BCUT2D eigenvalue weighted by molar-refractivity contribution is 5.88. The van der Waals surface area contributed by atoms with Crippen molar-refractivity contribution in [3.8, 4) is 0 Å². The predicted molar refractivity (Wildman–Crippen MR) is 91.2 cm³/mol. The van der Waals surface area contributed by atoms with Crippen molar-refractivity contribution in [1.29, 1.82) is 0 Å². The molecule has 3 atom stereocenters. The zero-order chi connectivity index (χ0) is 18.0. The molecule has 4 aliphatic rings. The third kappa shape index (κ3) is 2.68. The second-order valence-corrected chi connectivity index (χ2v) is 9.78. The molecule has 4 aliphatic carbocycles. The summed E-state index contributed by atoms with van der Waals surface area (Å²) in [7, 11) is 0. The molecule has 134 valence electrons. The van der Waals surface area contributed by atoms with Gasteiger partial charge in [0.05, 0.1) is 0 Å². The summed E-state index contributed by atoms with van der Waals surface area (Å²) in [6.07, 6.45) is 5.48. The second-order valence-electron chi connectivity index (χ2n) is 9.78. The van der Waals surface area contributed by atoms with E-state index in [2.05, 4.69) is 34.3 Å². The van der Waals surface area contributed by atoms with Crippen LogP contribution in [0.3, 0.4) is 0 Å². The molecule has 0 radical (unpaired) electrons. The fraction of sp³-hybridized carbons (Fsp3) is 0.800. The Hall–Kier alpha value is -1.32. The number of ether oxygens (including phenoxy) is 2. The van der Waals surface area contributed by atoms with Gasteiger partial charge in [0.15, 0.2) is 6.61 Å². The van der Waals surface area contributed by atoms with Crippen molar-refractivity contribution in [2.45, 2.75) is 72.3 Å². The molecule has 0 saturated heterocycles. The normalized spacial score (nSPS) is 45.8. The highest BCUT2D eigenvalue weighted by Crippen LogP contribution is 2.73. The van der Waals surface area contributed by atoms with Crippen LogP contribution >= 0.6 is 0 Å². The van der Waals surface area contributed by atoms with E-state index in [0.29, 0.717) is 11.5 Å². The van der Waals surface area contributed by atoms with Gasteiger partial charge >= 0.3 is 11.9 Å². The number of hydrogen-bond acceptors (Lipinski definition) is 4. The van der Waals surface area contributed by atoms with Crippen molar-refractivity contribution in [3.05, 3.63) is 12.2 Å². The maximum Gasteiger partial charge on any atom is 0.344 e. The minimum Gasteiger partial charge on any atom is -0.456 e. The highest BCUT2D eigenvalue weighted by atomic mass is 16.6. The number of hydrogen-bond donors (Lipinski definition) is 0. The Morgan fingerprint density at radius 1 is 1.04 bits per heavy atom. The molecule has 3 unspecified atom stereocenters. The molecule has 4 bridgehead atoms. The van der Waals surface area contributed by atoms with Gasteiger partial charge in [-0.1, -0.05) is 34.3 Å². The first kappa shape index (κ1) is 17.5. The van der Waals surface area contributed by atoms with Crippen LogP contribution in [-0.2, 0) is 19.1 Å². The van der Waals surface area contributed by atoms with Crippen LogP contribution in [0.25, 0.3) is 0 Å².